The molecular formula is C16H19Cl2N3O2S. The van der Waals surface area contributed by atoms with Gasteiger partial charge in [-0.15, -0.1) is 0 Å². The molecule has 3 rings (SSSR count). The van der Waals surface area contributed by atoms with Gasteiger partial charge in [-0.1, -0.05) is 29.3 Å². The lowest BCUT2D eigenvalue weighted by Gasteiger charge is -2.27. The third-order valence-corrected chi connectivity index (χ3v) is 6.89. The predicted molar refractivity (Wildman–Crippen MR) is 95.8 cm³/mol. The van der Waals surface area contributed by atoms with Crippen LogP contribution in [0.1, 0.15) is 17.8 Å². The van der Waals surface area contributed by atoms with E-state index in [1.54, 1.807) is 31.4 Å². The minimum Gasteiger partial charge on any atom is -0.335 e. The molecule has 1 aliphatic heterocycles. The predicted octanol–water partition coefficient (Wildman–Crippen LogP) is 3.21. The van der Waals surface area contributed by atoms with Crippen LogP contribution in [0.2, 0.25) is 10.0 Å². The van der Waals surface area contributed by atoms with Crippen LogP contribution in [-0.2, 0) is 28.7 Å². The Morgan fingerprint density at radius 3 is 2.88 bits per heavy atom. The van der Waals surface area contributed by atoms with Gasteiger partial charge >= 0.3 is 0 Å². The smallest absolute Gasteiger partial charge is 0.218 e. The molecule has 1 atom stereocenters. The monoisotopic (exact) mass is 387 g/mol. The zero-order chi connectivity index (χ0) is 17.3. The van der Waals surface area contributed by atoms with Crippen LogP contribution in [0.15, 0.2) is 30.6 Å². The maximum absolute atomic E-state index is 12.6. The molecule has 0 spiro atoms. The number of rotatable bonds is 5. The first kappa shape index (κ1) is 17.7. The van der Waals surface area contributed by atoms with E-state index in [0.717, 1.165) is 25.2 Å². The van der Waals surface area contributed by atoms with Crippen molar-refractivity contribution in [2.75, 3.05) is 13.6 Å². The van der Waals surface area contributed by atoms with E-state index in [4.69, 9.17) is 23.2 Å². The molecule has 2 aromatic rings. The maximum atomic E-state index is 12.6. The third-order valence-electron chi connectivity index (χ3n) is 4.36. The van der Waals surface area contributed by atoms with Crippen molar-refractivity contribution in [3.8, 4) is 0 Å². The number of benzene rings is 1. The summed E-state index contributed by atoms with van der Waals surface area (Å²) in [6.45, 7) is 1.31. The Morgan fingerprint density at radius 1 is 1.33 bits per heavy atom. The molecule has 0 radical (unpaired) electrons. The van der Waals surface area contributed by atoms with Gasteiger partial charge in [-0.25, -0.2) is 17.7 Å². The summed E-state index contributed by atoms with van der Waals surface area (Å²) in [5, 5.41) is 0.788. The van der Waals surface area contributed by atoms with Gasteiger partial charge in [-0.2, -0.15) is 0 Å². The quantitative estimate of drug-likeness (QED) is 0.791. The molecule has 1 aromatic carbocycles. The second kappa shape index (κ2) is 7.04. The number of aryl methyl sites for hydroxylation is 1. The van der Waals surface area contributed by atoms with E-state index >= 15 is 0 Å². The van der Waals surface area contributed by atoms with E-state index in [0.29, 0.717) is 28.1 Å². The van der Waals surface area contributed by atoms with Crippen molar-refractivity contribution >= 4 is 33.2 Å². The number of fused-ring (bicyclic) bond motifs is 1. The fourth-order valence-corrected chi connectivity index (χ4v) is 4.59. The van der Waals surface area contributed by atoms with E-state index in [1.807, 2.05) is 6.20 Å². The highest BCUT2D eigenvalue weighted by Gasteiger charge is 2.25. The average Bonchev–Trinajstić information content (AvgIpc) is 2.98. The Hall–Kier alpha value is -1.08. The molecule has 0 N–H and O–H groups in total. The molecular weight excluding hydrogens is 369 g/mol. The largest absolute Gasteiger partial charge is 0.335 e. The van der Waals surface area contributed by atoms with Crippen LogP contribution >= 0.6 is 23.2 Å². The Morgan fingerprint density at radius 2 is 2.12 bits per heavy atom. The zero-order valence-corrected chi connectivity index (χ0v) is 15.7. The fraction of sp³-hybridized carbons (Fsp3) is 0.438. The number of halogens is 2. The highest BCUT2D eigenvalue weighted by atomic mass is 35.5. The Balaban J connectivity index is 1.65. The Kier molecular flexibility index (Phi) is 5.20. The number of hydrogen-bond acceptors (Lipinski definition) is 3. The molecule has 1 aliphatic rings. The van der Waals surface area contributed by atoms with Gasteiger partial charge in [0.1, 0.15) is 5.82 Å². The summed E-state index contributed by atoms with van der Waals surface area (Å²) >= 11 is 11.8. The van der Waals surface area contributed by atoms with Gasteiger partial charge in [-0.3, -0.25) is 0 Å². The van der Waals surface area contributed by atoms with Crippen LogP contribution in [0.5, 0.6) is 0 Å². The topological polar surface area (TPSA) is 55.2 Å². The van der Waals surface area contributed by atoms with Gasteiger partial charge in [0, 0.05) is 39.0 Å². The first-order valence-corrected chi connectivity index (χ1v) is 10.1. The fourth-order valence-electron chi connectivity index (χ4n) is 3.01. The van der Waals surface area contributed by atoms with Gasteiger partial charge in [0.2, 0.25) is 10.0 Å². The number of aromatic nitrogens is 2. The molecule has 24 heavy (non-hydrogen) atoms. The van der Waals surface area contributed by atoms with Gasteiger partial charge < -0.3 is 4.57 Å². The van der Waals surface area contributed by atoms with Crippen molar-refractivity contribution in [1.29, 1.82) is 0 Å². The molecule has 0 amide bonds. The standard InChI is InChI=1S/C16H19Cl2N3O2S/c1-20(9-13-3-5-16-19-6-7-21(16)10-13)24(22,23)11-12-2-4-14(17)15(18)8-12/h2,4,6-8,13H,3,5,9-11H2,1H3/t13-/m0/s1. The first-order valence-electron chi connectivity index (χ1n) is 7.73. The normalized spacial score (nSPS) is 17.9. The maximum Gasteiger partial charge on any atom is 0.218 e. The van der Waals surface area contributed by atoms with E-state index in [9.17, 15) is 8.42 Å². The molecule has 0 saturated heterocycles. The minimum absolute atomic E-state index is 0.0799. The first-order chi connectivity index (χ1) is 11.3. The lowest BCUT2D eigenvalue weighted by Crippen LogP contribution is -2.36. The molecule has 0 unspecified atom stereocenters. The summed E-state index contributed by atoms with van der Waals surface area (Å²) in [7, 11) is -1.76. The highest BCUT2D eigenvalue weighted by molar-refractivity contribution is 7.88. The number of hydrogen-bond donors (Lipinski definition) is 0. The lowest BCUT2D eigenvalue weighted by molar-refractivity contribution is 0.303. The molecule has 8 heteroatoms. The number of nitrogens with zero attached hydrogens (tertiary/aromatic N) is 3. The Bertz CT molecular complexity index is 836. The zero-order valence-electron chi connectivity index (χ0n) is 13.3. The average molecular weight is 388 g/mol. The van der Waals surface area contributed by atoms with Crippen molar-refractivity contribution in [1.82, 2.24) is 13.9 Å². The second-order valence-corrected chi connectivity index (χ2v) is 9.08. The van der Waals surface area contributed by atoms with Crippen LogP contribution < -0.4 is 0 Å². The van der Waals surface area contributed by atoms with Crippen molar-refractivity contribution in [3.63, 3.8) is 0 Å². The second-order valence-electron chi connectivity index (χ2n) is 6.19. The van der Waals surface area contributed by atoms with Crippen molar-refractivity contribution in [2.45, 2.75) is 25.1 Å². The van der Waals surface area contributed by atoms with E-state index < -0.39 is 10.0 Å². The van der Waals surface area contributed by atoms with Crippen molar-refractivity contribution < 1.29 is 8.42 Å². The molecule has 0 aliphatic carbocycles. The molecule has 130 valence electrons. The van der Waals surface area contributed by atoms with Crippen molar-refractivity contribution in [3.05, 3.63) is 52.0 Å². The molecule has 1 aromatic heterocycles. The Labute approximate surface area is 152 Å². The van der Waals surface area contributed by atoms with Crippen LogP contribution in [0.3, 0.4) is 0 Å². The summed E-state index contributed by atoms with van der Waals surface area (Å²) in [5.41, 5.74) is 0.636. The number of imidazole rings is 1. The van der Waals surface area contributed by atoms with Gasteiger partial charge in [0.25, 0.3) is 0 Å². The summed E-state index contributed by atoms with van der Waals surface area (Å²) in [6.07, 6.45) is 5.58. The van der Waals surface area contributed by atoms with Gasteiger partial charge in [-0.05, 0) is 30.0 Å². The molecule has 2 heterocycles. The van der Waals surface area contributed by atoms with Crippen LogP contribution in [-0.4, -0.2) is 35.9 Å². The summed E-state index contributed by atoms with van der Waals surface area (Å²) in [4.78, 5) is 4.30. The third kappa shape index (κ3) is 3.94. The molecule has 0 saturated carbocycles. The van der Waals surface area contributed by atoms with Crippen molar-refractivity contribution in [2.24, 2.45) is 5.92 Å². The van der Waals surface area contributed by atoms with Gasteiger partial charge in [0.15, 0.2) is 0 Å². The SMILES string of the molecule is CN(C[C@@H]1CCc2nccn2C1)S(=O)(=O)Cc1ccc(Cl)c(Cl)c1. The van der Waals surface area contributed by atoms with E-state index in [2.05, 4.69) is 9.55 Å². The minimum atomic E-state index is -3.40. The summed E-state index contributed by atoms with van der Waals surface area (Å²) in [5.74, 6) is 1.29. The van der Waals surface area contributed by atoms with E-state index in [-0.39, 0.29) is 5.75 Å². The molecule has 0 fully saturated rings. The van der Waals surface area contributed by atoms with E-state index in [1.165, 1.54) is 4.31 Å². The van der Waals surface area contributed by atoms with Crippen LogP contribution in [0, 0.1) is 5.92 Å². The lowest BCUT2D eigenvalue weighted by atomic mass is 10.00. The van der Waals surface area contributed by atoms with Crippen LogP contribution in [0.25, 0.3) is 0 Å². The highest BCUT2D eigenvalue weighted by Crippen LogP contribution is 2.25. The summed E-state index contributed by atoms with van der Waals surface area (Å²) < 4.78 is 28.7. The summed E-state index contributed by atoms with van der Waals surface area (Å²) in [6, 6.07) is 4.92. The van der Waals surface area contributed by atoms with Gasteiger partial charge in [0.05, 0.1) is 15.8 Å². The molecule has 5 nitrogen and oxygen atoms in total. The van der Waals surface area contributed by atoms with Crippen LogP contribution in [0.4, 0.5) is 0 Å². The number of sulfonamides is 1. The molecule has 0 bridgehead atoms.